The minimum absolute atomic E-state index is 0.329. The molecule has 0 saturated heterocycles. The highest BCUT2D eigenvalue weighted by Crippen LogP contribution is 2.14. The van der Waals surface area contributed by atoms with Crippen LogP contribution in [0.5, 0.6) is 0 Å². The summed E-state index contributed by atoms with van der Waals surface area (Å²) < 4.78 is 24.9. The largest absolute Gasteiger partial charge is 0.378 e. The third-order valence-corrected chi connectivity index (χ3v) is 4.13. The summed E-state index contributed by atoms with van der Waals surface area (Å²) in [4.78, 5) is 4.64. The van der Waals surface area contributed by atoms with E-state index in [9.17, 15) is 8.42 Å². The Hall–Kier alpha value is -1.82. The quantitative estimate of drug-likeness (QED) is 0.887. The van der Waals surface area contributed by atoms with E-state index in [2.05, 4.69) is 21.8 Å². The van der Waals surface area contributed by atoms with E-state index in [1.165, 1.54) is 6.26 Å². The maximum Gasteiger partial charge on any atom is 0.175 e. The van der Waals surface area contributed by atoms with Crippen molar-refractivity contribution in [2.45, 2.75) is 31.3 Å². The lowest BCUT2D eigenvalue weighted by Crippen LogP contribution is -2.08. The summed E-state index contributed by atoms with van der Waals surface area (Å²) in [5.41, 5.74) is 0.878. The average molecular weight is 293 g/mol. The molecule has 6 heteroatoms. The smallest absolute Gasteiger partial charge is 0.175 e. The highest BCUT2D eigenvalue weighted by molar-refractivity contribution is 7.90. The number of anilines is 1. The number of sulfone groups is 1. The molecule has 0 unspecified atom stereocenters. The van der Waals surface area contributed by atoms with E-state index in [0.717, 1.165) is 24.5 Å². The molecular formula is C14H19N3O2S. The molecule has 108 valence electrons. The van der Waals surface area contributed by atoms with Gasteiger partial charge in [0.2, 0.25) is 0 Å². The van der Waals surface area contributed by atoms with Gasteiger partial charge >= 0.3 is 0 Å². The van der Waals surface area contributed by atoms with Crippen LogP contribution in [0.3, 0.4) is 0 Å². The zero-order valence-electron chi connectivity index (χ0n) is 11.7. The molecule has 1 N–H and O–H groups in total. The number of nitrogens with one attached hydrogen (secondary N) is 1. The first-order valence-corrected chi connectivity index (χ1v) is 8.44. The van der Waals surface area contributed by atoms with Crippen molar-refractivity contribution in [1.29, 1.82) is 0 Å². The molecule has 0 saturated carbocycles. The summed E-state index contributed by atoms with van der Waals surface area (Å²) in [6, 6.07) is 6.75. The van der Waals surface area contributed by atoms with E-state index < -0.39 is 9.84 Å². The van der Waals surface area contributed by atoms with Gasteiger partial charge in [-0.2, -0.15) is 0 Å². The topological polar surface area (TPSA) is 64.0 Å². The molecule has 0 spiro atoms. The fourth-order valence-electron chi connectivity index (χ4n) is 1.95. The molecule has 0 atom stereocenters. The molecule has 1 heterocycles. The van der Waals surface area contributed by atoms with Crippen molar-refractivity contribution in [2.24, 2.45) is 0 Å². The predicted octanol–water partition coefficient (Wildman–Crippen LogP) is 2.31. The van der Waals surface area contributed by atoms with Gasteiger partial charge in [-0.1, -0.05) is 6.92 Å². The second kappa shape index (κ2) is 6.09. The third-order valence-electron chi connectivity index (χ3n) is 3.00. The molecule has 0 bridgehead atoms. The monoisotopic (exact) mass is 293 g/mol. The molecule has 2 aromatic rings. The summed E-state index contributed by atoms with van der Waals surface area (Å²) >= 11 is 0. The lowest BCUT2D eigenvalue weighted by atomic mass is 10.3. The van der Waals surface area contributed by atoms with Gasteiger partial charge < -0.3 is 9.88 Å². The number of hydrogen-bond donors (Lipinski definition) is 1. The van der Waals surface area contributed by atoms with Crippen molar-refractivity contribution in [3.05, 3.63) is 42.5 Å². The van der Waals surface area contributed by atoms with Gasteiger partial charge in [-0.05, 0) is 30.7 Å². The maximum atomic E-state index is 11.4. The molecule has 2 rings (SSSR count). The van der Waals surface area contributed by atoms with Crippen LogP contribution in [-0.4, -0.2) is 24.2 Å². The van der Waals surface area contributed by atoms with Crippen LogP contribution < -0.4 is 5.32 Å². The summed E-state index contributed by atoms with van der Waals surface area (Å²) in [5.74, 6) is 0.971. The van der Waals surface area contributed by atoms with Gasteiger partial charge in [0.15, 0.2) is 9.84 Å². The molecule has 0 fully saturated rings. The van der Waals surface area contributed by atoms with Crippen LogP contribution in [0.2, 0.25) is 0 Å². The SMILES string of the molecule is CCCn1ccnc1CNc1ccc(S(C)(=O)=O)cc1. The molecule has 0 amide bonds. The van der Waals surface area contributed by atoms with E-state index in [4.69, 9.17) is 0 Å². The molecule has 0 radical (unpaired) electrons. The predicted molar refractivity (Wildman–Crippen MR) is 79.4 cm³/mol. The van der Waals surface area contributed by atoms with Crippen LogP contribution in [0.15, 0.2) is 41.6 Å². The summed E-state index contributed by atoms with van der Waals surface area (Å²) in [5, 5.41) is 3.25. The number of benzene rings is 1. The summed E-state index contributed by atoms with van der Waals surface area (Å²) in [6.45, 7) is 3.69. The number of nitrogens with zero attached hydrogens (tertiary/aromatic N) is 2. The van der Waals surface area contributed by atoms with Crippen LogP contribution in [-0.2, 0) is 22.9 Å². The Morgan fingerprint density at radius 2 is 1.95 bits per heavy atom. The first kappa shape index (κ1) is 14.6. The van der Waals surface area contributed by atoms with Crippen molar-refractivity contribution in [2.75, 3.05) is 11.6 Å². The molecule has 5 nitrogen and oxygen atoms in total. The Bertz CT molecular complexity index is 660. The van der Waals surface area contributed by atoms with Crippen molar-refractivity contribution >= 4 is 15.5 Å². The number of rotatable bonds is 6. The van der Waals surface area contributed by atoms with Gasteiger partial charge in [-0.15, -0.1) is 0 Å². The van der Waals surface area contributed by atoms with Crippen molar-refractivity contribution in [3.63, 3.8) is 0 Å². The lowest BCUT2D eigenvalue weighted by molar-refractivity contribution is 0.602. The second-order valence-electron chi connectivity index (χ2n) is 4.69. The van der Waals surface area contributed by atoms with Crippen molar-refractivity contribution in [1.82, 2.24) is 9.55 Å². The standard InChI is InChI=1S/C14H19N3O2S/c1-3-9-17-10-8-15-14(17)11-16-12-4-6-13(7-5-12)20(2,18)19/h4-8,10,16H,3,9,11H2,1-2H3. The van der Waals surface area contributed by atoms with Gasteiger partial charge in [0.25, 0.3) is 0 Å². The van der Waals surface area contributed by atoms with Crippen LogP contribution in [0.1, 0.15) is 19.2 Å². The first-order valence-electron chi connectivity index (χ1n) is 6.54. The van der Waals surface area contributed by atoms with E-state index in [1.54, 1.807) is 30.5 Å². The minimum atomic E-state index is -3.14. The minimum Gasteiger partial charge on any atom is -0.378 e. The van der Waals surface area contributed by atoms with Crippen LogP contribution in [0.25, 0.3) is 0 Å². The molecule has 1 aromatic heterocycles. The van der Waals surface area contributed by atoms with Gasteiger partial charge in [0.1, 0.15) is 5.82 Å². The fourth-order valence-corrected chi connectivity index (χ4v) is 2.58. The Morgan fingerprint density at radius 1 is 1.25 bits per heavy atom. The highest BCUT2D eigenvalue weighted by Gasteiger charge is 2.06. The molecule has 1 aromatic carbocycles. The zero-order chi connectivity index (χ0) is 14.6. The first-order chi connectivity index (χ1) is 9.50. The molecule has 0 aliphatic rings. The van der Waals surface area contributed by atoms with Crippen LogP contribution in [0.4, 0.5) is 5.69 Å². The maximum absolute atomic E-state index is 11.4. The van der Waals surface area contributed by atoms with E-state index >= 15 is 0 Å². The lowest BCUT2D eigenvalue weighted by Gasteiger charge is -2.09. The van der Waals surface area contributed by atoms with E-state index in [1.807, 2.05) is 6.20 Å². The summed E-state index contributed by atoms with van der Waals surface area (Å²) in [6.07, 6.45) is 6.02. The third kappa shape index (κ3) is 3.60. The van der Waals surface area contributed by atoms with Crippen molar-refractivity contribution < 1.29 is 8.42 Å². The highest BCUT2D eigenvalue weighted by atomic mass is 32.2. The number of aromatic nitrogens is 2. The average Bonchev–Trinajstić information content (AvgIpc) is 2.84. The Labute approximate surface area is 119 Å². The Morgan fingerprint density at radius 3 is 2.55 bits per heavy atom. The van der Waals surface area contributed by atoms with Gasteiger partial charge in [-0.3, -0.25) is 0 Å². The molecular weight excluding hydrogens is 274 g/mol. The van der Waals surface area contributed by atoms with Gasteiger partial charge in [-0.25, -0.2) is 13.4 Å². The van der Waals surface area contributed by atoms with Crippen LogP contribution in [0, 0.1) is 0 Å². The fraction of sp³-hybridized carbons (Fsp3) is 0.357. The Balaban J connectivity index is 2.02. The number of imidazole rings is 1. The van der Waals surface area contributed by atoms with Crippen molar-refractivity contribution in [3.8, 4) is 0 Å². The number of hydrogen-bond acceptors (Lipinski definition) is 4. The Kier molecular flexibility index (Phi) is 4.44. The summed E-state index contributed by atoms with van der Waals surface area (Å²) in [7, 11) is -3.14. The number of aryl methyl sites for hydroxylation is 1. The van der Waals surface area contributed by atoms with E-state index in [-0.39, 0.29) is 0 Å². The normalized spacial score (nSPS) is 11.5. The molecule has 0 aliphatic heterocycles. The second-order valence-corrected chi connectivity index (χ2v) is 6.70. The molecule has 0 aliphatic carbocycles. The van der Waals surface area contributed by atoms with Crippen LogP contribution >= 0.6 is 0 Å². The van der Waals surface area contributed by atoms with Gasteiger partial charge in [0.05, 0.1) is 11.4 Å². The zero-order valence-corrected chi connectivity index (χ0v) is 12.5. The van der Waals surface area contributed by atoms with E-state index in [0.29, 0.717) is 11.4 Å². The van der Waals surface area contributed by atoms with Gasteiger partial charge in [0, 0.05) is 30.9 Å². The molecule has 20 heavy (non-hydrogen) atoms.